The van der Waals surface area contributed by atoms with E-state index in [1.165, 1.54) is 17.0 Å². The number of nitrogens with one attached hydrogen (secondary N) is 3. The van der Waals surface area contributed by atoms with E-state index in [0.29, 0.717) is 12.0 Å². The van der Waals surface area contributed by atoms with Crippen LogP contribution >= 0.6 is 0 Å². The Balaban J connectivity index is 1.73. The summed E-state index contributed by atoms with van der Waals surface area (Å²) in [5.74, 6) is -2.15. The molecule has 0 radical (unpaired) electrons. The van der Waals surface area contributed by atoms with E-state index in [0.717, 1.165) is 22.0 Å². The summed E-state index contributed by atoms with van der Waals surface area (Å²) in [6.45, 7) is 9.10. The van der Waals surface area contributed by atoms with Crippen LogP contribution in [0.4, 0.5) is 0 Å². The molecule has 0 saturated carbocycles. The zero-order valence-corrected chi connectivity index (χ0v) is 26.8. The highest BCUT2D eigenvalue weighted by Crippen LogP contribution is 2.25. The topological polar surface area (TPSA) is 141 Å². The van der Waals surface area contributed by atoms with Crippen molar-refractivity contribution >= 4 is 34.6 Å². The Labute approximate surface area is 264 Å². The standard InChI is InChI=1S/C35H44N4O6/c1-20-15-21(2)24(5)45-32(41)18-30(25-11-13-27(40)14-12-25)38-34(43)31(17-26-19-36-29-10-8-7-9-28(26)29)39(6)35(44)23(4)37-33(42)22(3)16-20/h7-15,19,21-24,30-31,36,40H,16-18H2,1-6H3,(H,37,42)(H,38,43)/b20-15+/t21-,22-,23-,24-,30+,31+/m0/s1. The molecule has 1 aromatic heterocycles. The van der Waals surface area contributed by atoms with Crippen molar-refractivity contribution in [3.05, 3.63) is 77.5 Å². The van der Waals surface area contributed by atoms with Gasteiger partial charge < -0.3 is 30.4 Å². The molecule has 4 N–H and O–H groups in total. The fourth-order valence-corrected chi connectivity index (χ4v) is 5.77. The van der Waals surface area contributed by atoms with E-state index in [9.17, 15) is 24.3 Å². The van der Waals surface area contributed by atoms with Crippen LogP contribution in [0.2, 0.25) is 0 Å². The van der Waals surface area contributed by atoms with E-state index in [2.05, 4.69) is 15.6 Å². The maximum absolute atomic E-state index is 14.1. The van der Waals surface area contributed by atoms with Crippen LogP contribution in [0.15, 0.2) is 66.4 Å². The number of rotatable bonds is 3. The Morgan fingerprint density at radius 3 is 2.31 bits per heavy atom. The van der Waals surface area contributed by atoms with Crippen molar-refractivity contribution in [2.45, 2.75) is 78.1 Å². The molecular weight excluding hydrogens is 572 g/mol. The molecule has 0 saturated heterocycles. The largest absolute Gasteiger partial charge is 0.508 e. The van der Waals surface area contributed by atoms with Gasteiger partial charge in [-0.3, -0.25) is 19.2 Å². The van der Waals surface area contributed by atoms with Gasteiger partial charge in [0.2, 0.25) is 17.7 Å². The Kier molecular flexibility index (Phi) is 10.7. The molecule has 2 aromatic carbocycles. The predicted octanol–water partition coefficient (Wildman–Crippen LogP) is 4.55. The molecule has 1 aliphatic heterocycles. The first-order valence-corrected chi connectivity index (χ1v) is 15.4. The van der Waals surface area contributed by atoms with Crippen LogP contribution < -0.4 is 10.6 Å². The highest BCUT2D eigenvalue weighted by Gasteiger charge is 2.34. The van der Waals surface area contributed by atoms with Crippen LogP contribution in [0.5, 0.6) is 5.75 Å². The average Bonchev–Trinajstić information content (AvgIpc) is 3.41. The van der Waals surface area contributed by atoms with Gasteiger partial charge in [-0.25, -0.2) is 0 Å². The molecule has 0 aliphatic carbocycles. The third kappa shape index (κ3) is 8.32. The van der Waals surface area contributed by atoms with Crippen LogP contribution in [-0.4, -0.2) is 63.9 Å². The van der Waals surface area contributed by atoms with Crippen LogP contribution in [-0.2, 0) is 30.3 Å². The zero-order valence-electron chi connectivity index (χ0n) is 26.8. The summed E-state index contributed by atoms with van der Waals surface area (Å²) in [7, 11) is 1.55. The maximum atomic E-state index is 14.1. The minimum atomic E-state index is -0.980. The van der Waals surface area contributed by atoms with Gasteiger partial charge in [-0.2, -0.15) is 0 Å². The second kappa shape index (κ2) is 14.5. The molecule has 0 fully saturated rings. The van der Waals surface area contributed by atoms with E-state index >= 15 is 0 Å². The van der Waals surface area contributed by atoms with E-state index in [4.69, 9.17) is 4.74 Å². The van der Waals surface area contributed by atoms with Crippen LogP contribution in [0.1, 0.15) is 64.6 Å². The fraction of sp³-hybridized carbons (Fsp3) is 0.429. The molecule has 10 nitrogen and oxygen atoms in total. The third-order valence-electron chi connectivity index (χ3n) is 8.60. The number of aromatic hydroxyl groups is 1. The van der Waals surface area contributed by atoms with Gasteiger partial charge in [0.1, 0.15) is 23.9 Å². The monoisotopic (exact) mass is 616 g/mol. The number of hydrogen-bond donors (Lipinski definition) is 4. The SMILES string of the molecule is C/C1=C\[C@H](C)[C@H](C)OC(=O)C[C@H](c2ccc(O)cc2)NC(=O)[C@@H](Cc2c[nH]c3ccccc23)N(C)C(=O)[C@H](C)NC(=O)[C@@H](C)C1. The molecule has 0 bridgehead atoms. The first-order chi connectivity index (χ1) is 21.3. The number of likely N-dealkylation sites (N-methyl/N-ethyl adjacent to an activating group) is 1. The molecule has 3 aromatic rings. The first kappa shape index (κ1) is 33.3. The van der Waals surface area contributed by atoms with Gasteiger partial charge in [0, 0.05) is 42.4 Å². The van der Waals surface area contributed by atoms with Gasteiger partial charge in [0.25, 0.3) is 0 Å². The lowest BCUT2D eigenvalue weighted by Gasteiger charge is -2.32. The fourth-order valence-electron chi connectivity index (χ4n) is 5.77. The third-order valence-corrected chi connectivity index (χ3v) is 8.60. The molecule has 10 heteroatoms. The number of phenolic OH excluding ortho intramolecular Hbond substituents is 1. The number of nitrogens with zero attached hydrogens (tertiary/aromatic N) is 1. The predicted molar refractivity (Wildman–Crippen MR) is 172 cm³/mol. The number of amides is 3. The number of carbonyl (C=O) groups is 4. The molecule has 45 heavy (non-hydrogen) atoms. The van der Waals surface area contributed by atoms with E-state index in [1.807, 2.05) is 57.3 Å². The number of phenols is 1. The summed E-state index contributed by atoms with van der Waals surface area (Å²) in [6, 6.07) is 11.3. The van der Waals surface area contributed by atoms with E-state index < -0.39 is 47.9 Å². The lowest BCUT2D eigenvalue weighted by Crippen LogP contribution is -2.55. The van der Waals surface area contributed by atoms with E-state index in [1.54, 1.807) is 33.0 Å². The van der Waals surface area contributed by atoms with Crippen molar-refractivity contribution in [1.29, 1.82) is 0 Å². The van der Waals surface area contributed by atoms with Crippen LogP contribution in [0, 0.1) is 11.8 Å². The number of H-pyrrole nitrogens is 1. The molecule has 2 heterocycles. The van der Waals surface area contributed by atoms with Gasteiger partial charge in [-0.05, 0) is 56.5 Å². The summed E-state index contributed by atoms with van der Waals surface area (Å²) in [4.78, 5) is 58.8. The minimum absolute atomic E-state index is 0.0466. The second-order valence-electron chi connectivity index (χ2n) is 12.3. The lowest BCUT2D eigenvalue weighted by atomic mass is 9.96. The van der Waals surface area contributed by atoms with Crippen molar-refractivity contribution in [1.82, 2.24) is 20.5 Å². The normalized spacial score (nSPS) is 27.5. The summed E-state index contributed by atoms with van der Waals surface area (Å²) in [5, 5.41) is 16.6. The Morgan fingerprint density at radius 1 is 0.911 bits per heavy atom. The van der Waals surface area contributed by atoms with Crippen molar-refractivity contribution in [2.24, 2.45) is 11.8 Å². The summed E-state index contributed by atoms with van der Waals surface area (Å²) >= 11 is 0. The molecule has 6 atom stereocenters. The van der Waals surface area contributed by atoms with Crippen molar-refractivity contribution in [2.75, 3.05) is 7.05 Å². The molecule has 4 rings (SSSR count). The molecule has 0 spiro atoms. The summed E-state index contributed by atoms with van der Waals surface area (Å²) < 4.78 is 5.80. The smallest absolute Gasteiger partial charge is 0.308 e. The average molecular weight is 617 g/mol. The van der Waals surface area contributed by atoms with Crippen molar-refractivity contribution < 1.29 is 29.0 Å². The number of aromatic amines is 1. The number of carbonyl (C=O) groups excluding carboxylic acids is 4. The number of allylic oxidation sites excluding steroid dienone is 1. The second-order valence-corrected chi connectivity index (χ2v) is 12.3. The van der Waals surface area contributed by atoms with Crippen molar-refractivity contribution in [3.63, 3.8) is 0 Å². The quantitative estimate of drug-likeness (QED) is 0.251. The number of hydrogen-bond acceptors (Lipinski definition) is 6. The number of esters is 1. The van der Waals surface area contributed by atoms with Gasteiger partial charge in [0.05, 0.1) is 12.5 Å². The van der Waals surface area contributed by atoms with Crippen LogP contribution in [0.3, 0.4) is 0 Å². The minimum Gasteiger partial charge on any atom is -0.508 e. The Hall–Kier alpha value is -4.60. The maximum Gasteiger partial charge on any atom is 0.308 e. The number of para-hydroxylation sites is 1. The molecule has 1 aliphatic rings. The molecule has 240 valence electrons. The number of benzene rings is 2. The first-order valence-electron chi connectivity index (χ1n) is 15.4. The van der Waals surface area contributed by atoms with Gasteiger partial charge in [-0.1, -0.05) is 55.8 Å². The molecule has 0 unspecified atom stereocenters. The van der Waals surface area contributed by atoms with Gasteiger partial charge in [-0.15, -0.1) is 0 Å². The Bertz CT molecular complexity index is 1560. The number of cyclic esters (lactones) is 1. The van der Waals surface area contributed by atoms with Crippen molar-refractivity contribution in [3.8, 4) is 5.75 Å². The number of aromatic nitrogens is 1. The summed E-state index contributed by atoms with van der Waals surface area (Å²) in [5.41, 5.74) is 3.30. The highest BCUT2D eigenvalue weighted by atomic mass is 16.5. The van der Waals surface area contributed by atoms with Crippen LogP contribution in [0.25, 0.3) is 10.9 Å². The highest BCUT2D eigenvalue weighted by molar-refractivity contribution is 5.93. The van der Waals surface area contributed by atoms with Gasteiger partial charge >= 0.3 is 5.97 Å². The zero-order chi connectivity index (χ0) is 32.8. The Morgan fingerprint density at radius 2 is 1.60 bits per heavy atom. The molecule has 3 amide bonds. The summed E-state index contributed by atoms with van der Waals surface area (Å²) in [6.07, 6.45) is 3.86. The number of ether oxygens (including phenoxy) is 1. The van der Waals surface area contributed by atoms with Gasteiger partial charge in [0.15, 0.2) is 0 Å². The van der Waals surface area contributed by atoms with E-state index in [-0.39, 0.29) is 30.4 Å². The lowest BCUT2D eigenvalue weighted by molar-refractivity contribution is -0.150. The number of fused-ring (bicyclic) bond motifs is 1. The molecular formula is C35H44N4O6.